The van der Waals surface area contributed by atoms with Gasteiger partial charge in [0.15, 0.2) is 0 Å². The van der Waals surface area contributed by atoms with Crippen molar-refractivity contribution in [1.82, 2.24) is 5.32 Å². The van der Waals surface area contributed by atoms with E-state index >= 15 is 0 Å². The minimum Gasteiger partial charge on any atom is -0.496 e. The molecule has 22 heavy (non-hydrogen) atoms. The van der Waals surface area contributed by atoms with Gasteiger partial charge in [-0.1, -0.05) is 30.3 Å². The van der Waals surface area contributed by atoms with Crippen LogP contribution in [-0.2, 0) is 4.79 Å². The number of methoxy groups -OCH3 is 1. The first-order valence-corrected chi connectivity index (χ1v) is 6.79. The lowest BCUT2D eigenvalue weighted by Gasteiger charge is -2.10. The van der Waals surface area contributed by atoms with Gasteiger partial charge in [-0.3, -0.25) is 4.79 Å². The lowest BCUT2D eigenvalue weighted by molar-refractivity contribution is -0.133. The van der Waals surface area contributed by atoms with E-state index < -0.39 is 5.97 Å². The first-order chi connectivity index (χ1) is 10.6. The maximum atomic E-state index is 12.0. The van der Waals surface area contributed by atoms with Crippen molar-refractivity contribution in [3.63, 3.8) is 0 Å². The molecule has 114 valence electrons. The third-order valence-corrected chi connectivity index (χ3v) is 3.06. The average Bonchev–Trinajstić information content (AvgIpc) is 2.54. The van der Waals surface area contributed by atoms with Crippen LogP contribution in [0.3, 0.4) is 0 Å². The van der Waals surface area contributed by atoms with Crippen molar-refractivity contribution in [3.05, 3.63) is 59.7 Å². The second-order valence-corrected chi connectivity index (χ2v) is 4.62. The van der Waals surface area contributed by atoms with Crippen molar-refractivity contribution >= 4 is 11.9 Å². The monoisotopic (exact) mass is 299 g/mol. The standard InChI is InChI=1S/C17H17NO4/c1-12-7-3-5-9-14(12)22-16(19)11-18-17(20)13-8-4-6-10-15(13)21-2/h3-10H,11H2,1-2H3,(H,18,20). The second-order valence-electron chi connectivity index (χ2n) is 4.62. The quantitative estimate of drug-likeness (QED) is 0.680. The topological polar surface area (TPSA) is 64.6 Å². The number of hydrogen-bond acceptors (Lipinski definition) is 4. The van der Waals surface area contributed by atoms with Crippen LogP contribution < -0.4 is 14.8 Å². The zero-order valence-corrected chi connectivity index (χ0v) is 12.5. The van der Waals surface area contributed by atoms with Crippen LogP contribution in [0.1, 0.15) is 15.9 Å². The maximum Gasteiger partial charge on any atom is 0.330 e. The van der Waals surface area contributed by atoms with Crippen LogP contribution >= 0.6 is 0 Å². The summed E-state index contributed by atoms with van der Waals surface area (Å²) in [5.74, 6) is 0.0167. The van der Waals surface area contributed by atoms with E-state index in [1.807, 2.05) is 19.1 Å². The number of para-hydroxylation sites is 2. The van der Waals surface area contributed by atoms with Crippen LogP contribution in [0.2, 0.25) is 0 Å². The smallest absolute Gasteiger partial charge is 0.330 e. The van der Waals surface area contributed by atoms with Crippen LogP contribution in [-0.4, -0.2) is 25.5 Å². The van der Waals surface area contributed by atoms with Gasteiger partial charge >= 0.3 is 5.97 Å². The van der Waals surface area contributed by atoms with Crippen LogP contribution in [0, 0.1) is 6.92 Å². The highest BCUT2D eigenvalue weighted by Crippen LogP contribution is 2.17. The SMILES string of the molecule is COc1ccccc1C(=O)NCC(=O)Oc1ccccc1C. The average molecular weight is 299 g/mol. The Morgan fingerprint density at radius 1 is 1.00 bits per heavy atom. The van der Waals surface area contributed by atoms with Crippen LogP contribution in [0.5, 0.6) is 11.5 Å². The Bertz CT molecular complexity index is 682. The van der Waals surface area contributed by atoms with E-state index in [1.165, 1.54) is 7.11 Å². The summed E-state index contributed by atoms with van der Waals surface area (Å²) in [6.45, 7) is 1.63. The van der Waals surface area contributed by atoms with Gasteiger partial charge < -0.3 is 14.8 Å². The van der Waals surface area contributed by atoms with Gasteiger partial charge in [-0.25, -0.2) is 4.79 Å². The molecular formula is C17H17NO4. The fraction of sp³-hybridized carbons (Fsp3) is 0.176. The molecule has 0 atom stereocenters. The van der Waals surface area contributed by atoms with Gasteiger partial charge in [0.05, 0.1) is 12.7 Å². The summed E-state index contributed by atoms with van der Waals surface area (Å²) in [5, 5.41) is 2.52. The normalized spacial score (nSPS) is 9.91. The first kappa shape index (κ1) is 15.6. The van der Waals surface area contributed by atoms with Gasteiger partial charge in [0.25, 0.3) is 5.91 Å². The minimum absolute atomic E-state index is 0.217. The molecule has 1 amide bonds. The van der Waals surface area contributed by atoms with Gasteiger partial charge in [-0.15, -0.1) is 0 Å². The van der Waals surface area contributed by atoms with E-state index in [0.717, 1.165) is 5.56 Å². The predicted octanol–water partition coefficient (Wildman–Crippen LogP) is 2.34. The Labute approximate surface area is 128 Å². The largest absolute Gasteiger partial charge is 0.496 e. The number of rotatable bonds is 5. The number of carbonyl (C=O) groups excluding carboxylic acids is 2. The summed E-state index contributed by atoms with van der Waals surface area (Å²) in [7, 11) is 1.48. The predicted molar refractivity (Wildman–Crippen MR) is 82.1 cm³/mol. The number of hydrogen-bond donors (Lipinski definition) is 1. The molecule has 0 aliphatic rings. The summed E-state index contributed by atoms with van der Waals surface area (Å²) in [5.41, 5.74) is 1.22. The Kier molecular flexibility index (Phi) is 5.14. The van der Waals surface area contributed by atoms with E-state index in [1.54, 1.807) is 36.4 Å². The highest BCUT2D eigenvalue weighted by molar-refractivity contribution is 5.98. The number of aryl methyl sites for hydroxylation is 1. The molecule has 0 aromatic heterocycles. The molecule has 0 saturated heterocycles. The number of esters is 1. The third kappa shape index (κ3) is 3.85. The Hall–Kier alpha value is -2.82. The molecule has 0 radical (unpaired) electrons. The molecule has 1 N–H and O–H groups in total. The number of ether oxygens (including phenoxy) is 2. The van der Waals surface area contributed by atoms with Gasteiger partial charge in [-0.05, 0) is 30.7 Å². The highest BCUT2D eigenvalue weighted by atomic mass is 16.5. The summed E-state index contributed by atoms with van der Waals surface area (Å²) in [6, 6.07) is 14.0. The lowest BCUT2D eigenvalue weighted by Crippen LogP contribution is -2.32. The summed E-state index contributed by atoms with van der Waals surface area (Å²) >= 11 is 0. The highest BCUT2D eigenvalue weighted by Gasteiger charge is 2.13. The van der Waals surface area contributed by atoms with E-state index in [4.69, 9.17) is 9.47 Å². The number of amides is 1. The van der Waals surface area contributed by atoms with Crippen LogP contribution in [0.4, 0.5) is 0 Å². The Balaban J connectivity index is 1.94. The Morgan fingerprint density at radius 2 is 1.64 bits per heavy atom. The van der Waals surface area contributed by atoms with E-state index in [0.29, 0.717) is 17.1 Å². The molecule has 2 aromatic carbocycles. The Morgan fingerprint density at radius 3 is 2.32 bits per heavy atom. The molecule has 0 saturated carbocycles. The molecule has 5 nitrogen and oxygen atoms in total. The summed E-state index contributed by atoms with van der Waals surface area (Å²) in [4.78, 5) is 23.8. The zero-order chi connectivity index (χ0) is 15.9. The minimum atomic E-state index is -0.530. The fourth-order valence-corrected chi connectivity index (χ4v) is 1.91. The number of carbonyl (C=O) groups is 2. The van der Waals surface area contributed by atoms with Gasteiger partial charge in [0, 0.05) is 0 Å². The van der Waals surface area contributed by atoms with Gasteiger partial charge in [-0.2, -0.15) is 0 Å². The molecular weight excluding hydrogens is 282 g/mol. The van der Waals surface area contributed by atoms with Gasteiger partial charge in [0.2, 0.25) is 0 Å². The maximum absolute atomic E-state index is 12.0. The molecule has 2 rings (SSSR count). The fourth-order valence-electron chi connectivity index (χ4n) is 1.91. The summed E-state index contributed by atoms with van der Waals surface area (Å²) in [6.07, 6.45) is 0. The van der Waals surface area contributed by atoms with E-state index in [-0.39, 0.29) is 12.5 Å². The lowest BCUT2D eigenvalue weighted by atomic mass is 10.2. The molecule has 0 aliphatic heterocycles. The first-order valence-electron chi connectivity index (χ1n) is 6.79. The second kappa shape index (κ2) is 7.26. The molecule has 5 heteroatoms. The molecule has 0 fully saturated rings. The number of benzene rings is 2. The van der Waals surface area contributed by atoms with Crippen molar-refractivity contribution < 1.29 is 19.1 Å². The van der Waals surface area contributed by atoms with Crippen molar-refractivity contribution in [2.45, 2.75) is 6.92 Å². The van der Waals surface area contributed by atoms with Crippen molar-refractivity contribution in [3.8, 4) is 11.5 Å². The molecule has 0 unspecified atom stereocenters. The third-order valence-electron chi connectivity index (χ3n) is 3.06. The molecule has 2 aromatic rings. The van der Waals surface area contributed by atoms with Gasteiger partial charge in [0.1, 0.15) is 18.0 Å². The molecule has 0 aliphatic carbocycles. The molecule has 0 spiro atoms. The zero-order valence-electron chi connectivity index (χ0n) is 12.5. The molecule has 0 bridgehead atoms. The summed E-state index contributed by atoms with van der Waals surface area (Å²) < 4.78 is 10.3. The van der Waals surface area contributed by atoms with Crippen LogP contribution in [0.25, 0.3) is 0 Å². The van der Waals surface area contributed by atoms with E-state index in [9.17, 15) is 9.59 Å². The van der Waals surface area contributed by atoms with Crippen LogP contribution in [0.15, 0.2) is 48.5 Å². The van der Waals surface area contributed by atoms with Crippen molar-refractivity contribution in [2.75, 3.05) is 13.7 Å². The van der Waals surface area contributed by atoms with Crippen molar-refractivity contribution in [2.24, 2.45) is 0 Å². The number of nitrogens with one attached hydrogen (secondary N) is 1. The molecule has 0 heterocycles. The van der Waals surface area contributed by atoms with Crippen molar-refractivity contribution in [1.29, 1.82) is 0 Å². The van der Waals surface area contributed by atoms with E-state index in [2.05, 4.69) is 5.32 Å².